The second kappa shape index (κ2) is 9.67. The van der Waals surface area contributed by atoms with Gasteiger partial charge in [0.25, 0.3) is 11.5 Å². The van der Waals surface area contributed by atoms with Crippen LogP contribution in [-0.2, 0) is 0 Å². The summed E-state index contributed by atoms with van der Waals surface area (Å²) in [6, 6.07) is 8.79. The Morgan fingerprint density at radius 2 is 2.00 bits per heavy atom. The smallest absolute Gasteiger partial charge is 0.262 e. The van der Waals surface area contributed by atoms with Crippen LogP contribution in [0.1, 0.15) is 28.8 Å². The topological polar surface area (TPSA) is 153 Å². The largest absolute Gasteiger partial charge is 0.338 e. The van der Waals surface area contributed by atoms with Gasteiger partial charge in [0, 0.05) is 23.7 Å². The number of hydrogen-bond donors (Lipinski definition) is 4. The van der Waals surface area contributed by atoms with Gasteiger partial charge < -0.3 is 21.2 Å². The lowest BCUT2D eigenvalue weighted by Gasteiger charge is -2.19. The number of benzene rings is 1. The second-order valence-corrected chi connectivity index (χ2v) is 7.96. The highest BCUT2D eigenvalue weighted by atomic mass is 35.5. The minimum absolute atomic E-state index is 0.0511. The molecular weight excluding hydrogens is 426 g/mol. The summed E-state index contributed by atoms with van der Waals surface area (Å²) >= 11 is 7.13. The van der Waals surface area contributed by atoms with E-state index in [-0.39, 0.29) is 34.2 Å². The van der Waals surface area contributed by atoms with Crippen molar-refractivity contribution in [1.29, 1.82) is 5.26 Å². The molecular formula is C19H20ClN7O2S. The van der Waals surface area contributed by atoms with Crippen molar-refractivity contribution in [1.82, 2.24) is 15.3 Å². The van der Waals surface area contributed by atoms with Crippen molar-refractivity contribution in [2.75, 3.05) is 18.8 Å². The number of nitrogens with two attached hydrogens (primary N) is 2. The van der Waals surface area contributed by atoms with E-state index in [1.807, 2.05) is 0 Å². The van der Waals surface area contributed by atoms with Crippen LogP contribution in [-0.4, -0.2) is 40.5 Å². The first-order chi connectivity index (χ1) is 14.5. The van der Waals surface area contributed by atoms with Gasteiger partial charge in [0.15, 0.2) is 0 Å². The van der Waals surface area contributed by atoms with Crippen LogP contribution >= 0.6 is 23.4 Å². The maximum Gasteiger partial charge on any atom is 0.262 e. The highest BCUT2D eigenvalue weighted by molar-refractivity contribution is 8.00. The number of aromatic nitrogens is 1. The number of thioether (sulfide) groups is 1. The molecule has 0 radical (unpaired) electrons. The van der Waals surface area contributed by atoms with Crippen LogP contribution in [0, 0.1) is 11.3 Å². The van der Waals surface area contributed by atoms with Gasteiger partial charge in [-0.1, -0.05) is 35.5 Å². The van der Waals surface area contributed by atoms with Crippen molar-refractivity contribution in [2.45, 2.75) is 17.9 Å². The molecule has 0 bridgehead atoms. The zero-order valence-corrected chi connectivity index (χ0v) is 17.5. The van der Waals surface area contributed by atoms with Crippen LogP contribution in [0.3, 0.4) is 0 Å². The summed E-state index contributed by atoms with van der Waals surface area (Å²) in [6.45, 7) is 1.16. The summed E-state index contributed by atoms with van der Waals surface area (Å²) in [6.07, 6.45) is 1.76. The van der Waals surface area contributed by atoms with Crippen LogP contribution in [0.25, 0.3) is 11.1 Å². The van der Waals surface area contributed by atoms with Crippen molar-refractivity contribution in [3.63, 3.8) is 0 Å². The third-order valence-electron chi connectivity index (χ3n) is 4.71. The monoisotopic (exact) mass is 445 g/mol. The van der Waals surface area contributed by atoms with Crippen molar-refractivity contribution in [2.24, 2.45) is 16.8 Å². The van der Waals surface area contributed by atoms with Crippen molar-refractivity contribution < 1.29 is 4.79 Å². The van der Waals surface area contributed by atoms with E-state index in [4.69, 9.17) is 23.3 Å². The first-order valence-corrected chi connectivity index (χ1v) is 10.5. The predicted molar refractivity (Wildman–Crippen MR) is 117 cm³/mol. The van der Waals surface area contributed by atoms with Crippen LogP contribution in [0.15, 0.2) is 39.2 Å². The molecule has 1 fully saturated rings. The number of halogens is 1. The number of hydrogen-bond acceptors (Lipinski definition) is 7. The molecule has 9 nitrogen and oxygen atoms in total. The van der Waals surface area contributed by atoms with Gasteiger partial charge in [-0.2, -0.15) is 10.4 Å². The Bertz CT molecular complexity index is 1070. The van der Waals surface area contributed by atoms with Crippen molar-refractivity contribution >= 4 is 35.1 Å². The molecule has 156 valence electrons. The molecule has 0 atom stereocenters. The number of likely N-dealkylation sites (tertiary alicyclic amines) is 1. The molecule has 30 heavy (non-hydrogen) atoms. The predicted octanol–water partition coefficient (Wildman–Crippen LogP) is 1.63. The maximum atomic E-state index is 13.2. The molecule has 0 unspecified atom stereocenters. The van der Waals surface area contributed by atoms with Gasteiger partial charge in [-0.05, 0) is 30.5 Å². The Hall–Kier alpha value is -3.00. The normalized spacial score (nSPS) is 13.9. The summed E-state index contributed by atoms with van der Waals surface area (Å²) < 4.78 is 0. The van der Waals surface area contributed by atoms with Crippen LogP contribution in [0.5, 0.6) is 0 Å². The molecule has 2 heterocycles. The molecule has 0 saturated carbocycles. The van der Waals surface area contributed by atoms with E-state index in [1.165, 1.54) is 0 Å². The van der Waals surface area contributed by atoms with Gasteiger partial charge in [-0.25, -0.2) is 5.84 Å². The molecule has 1 aliphatic heterocycles. The highest BCUT2D eigenvalue weighted by Crippen LogP contribution is 2.33. The molecule has 1 aliphatic rings. The zero-order chi connectivity index (χ0) is 21.7. The Morgan fingerprint density at radius 3 is 2.57 bits per heavy atom. The summed E-state index contributed by atoms with van der Waals surface area (Å²) in [5, 5.41) is 14.2. The summed E-state index contributed by atoms with van der Waals surface area (Å²) in [7, 11) is 0. The fourth-order valence-electron chi connectivity index (χ4n) is 3.24. The van der Waals surface area contributed by atoms with Crippen LogP contribution in [0.4, 0.5) is 0 Å². The van der Waals surface area contributed by atoms with Gasteiger partial charge in [0.05, 0.1) is 16.3 Å². The molecule has 2 aromatic rings. The molecule has 1 saturated heterocycles. The molecule has 0 aliphatic carbocycles. The number of pyridine rings is 1. The minimum Gasteiger partial charge on any atom is -0.338 e. The number of aromatic amines is 1. The summed E-state index contributed by atoms with van der Waals surface area (Å²) in [5.74, 6) is 10.7. The number of nitrogens with one attached hydrogen (secondary N) is 2. The lowest BCUT2D eigenvalue weighted by atomic mass is 9.96. The number of hydrazone groups is 1. The highest BCUT2D eigenvalue weighted by Gasteiger charge is 2.29. The molecule has 1 amide bonds. The van der Waals surface area contributed by atoms with Gasteiger partial charge in [-0.15, -0.1) is 0 Å². The van der Waals surface area contributed by atoms with E-state index in [9.17, 15) is 14.9 Å². The Balaban J connectivity index is 2.19. The van der Waals surface area contributed by atoms with Crippen molar-refractivity contribution in [3.05, 3.63) is 50.8 Å². The van der Waals surface area contributed by atoms with E-state index >= 15 is 0 Å². The fraction of sp³-hybridized carbons (Fsp3) is 0.263. The maximum absolute atomic E-state index is 13.2. The summed E-state index contributed by atoms with van der Waals surface area (Å²) in [5.41, 5.74) is 2.74. The first kappa shape index (κ1) is 21.7. The van der Waals surface area contributed by atoms with E-state index < -0.39 is 5.56 Å². The van der Waals surface area contributed by atoms with Gasteiger partial charge in [0.2, 0.25) is 0 Å². The quantitative estimate of drug-likeness (QED) is 0.179. The number of carbonyl (C=O) groups is 1. The second-order valence-electron chi connectivity index (χ2n) is 6.54. The standard InChI is InChI=1S/C19H20ClN7O2S/c20-12-5-3-11(4-6-12)15-13(9-21)18(30-10-14(25-22)26-23)24-17(28)16(15)19(29)27-7-1-2-8-27/h3-6H,1-2,7-8,10,22-23H2,(H,24,28)(H,25,26). The van der Waals surface area contributed by atoms with Crippen LogP contribution < -0.4 is 22.7 Å². The molecule has 6 N–H and O–H groups in total. The SMILES string of the molecule is N#Cc1c(SC/C(=N/N)NN)[nH]c(=O)c(C(=O)N2CCCC2)c1-c1ccc(Cl)cc1. The average molecular weight is 446 g/mol. The molecule has 11 heteroatoms. The number of amidine groups is 1. The Morgan fingerprint density at radius 1 is 1.33 bits per heavy atom. The first-order valence-electron chi connectivity index (χ1n) is 9.12. The van der Waals surface area contributed by atoms with E-state index in [1.54, 1.807) is 29.2 Å². The lowest BCUT2D eigenvalue weighted by Crippen LogP contribution is -2.34. The number of H-pyrrole nitrogens is 1. The van der Waals surface area contributed by atoms with Crippen molar-refractivity contribution in [3.8, 4) is 17.2 Å². The van der Waals surface area contributed by atoms with Gasteiger partial charge >= 0.3 is 0 Å². The Kier molecular flexibility index (Phi) is 6.99. The lowest BCUT2D eigenvalue weighted by molar-refractivity contribution is 0.0791. The summed E-state index contributed by atoms with van der Waals surface area (Å²) in [4.78, 5) is 30.5. The average Bonchev–Trinajstić information content (AvgIpc) is 3.29. The number of nitriles is 1. The number of nitrogens with zero attached hydrogens (tertiary/aromatic N) is 3. The third-order valence-corrected chi connectivity index (χ3v) is 5.97. The molecule has 1 aromatic carbocycles. The molecule has 3 rings (SSSR count). The minimum atomic E-state index is -0.565. The van der Waals surface area contributed by atoms with E-state index in [0.29, 0.717) is 28.7 Å². The number of amides is 1. The number of rotatable bonds is 5. The number of hydrazine groups is 1. The molecule has 1 aromatic heterocycles. The van der Waals surface area contributed by atoms with Gasteiger partial charge in [0.1, 0.15) is 17.5 Å². The fourth-order valence-corrected chi connectivity index (χ4v) is 4.26. The van der Waals surface area contributed by atoms with E-state index in [2.05, 4.69) is 21.6 Å². The molecule has 0 spiro atoms. The third kappa shape index (κ3) is 4.43. The number of carbonyl (C=O) groups excluding carboxylic acids is 1. The zero-order valence-electron chi connectivity index (χ0n) is 15.9. The van der Waals surface area contributed by atoms with E-state index in [0.717, 1.165) is 24.6 Å². The Labute approximate surface area is 182 Å². The van der Waals surface area contributed by atoms with Crippen LogP contribution in [0.2, 0.25) is 5.02 Å². The van der Waals surface area contributed by atoms with Gasteiger partial charge in [-0.3, -0.25) is 9.59 Å².